The molecule has 0 saturated carbocycles. The molecule has 2 aromatic carbocycles. The zero-order valence-corrected chi connectivity index (χ0v) is 14.4. The predicted octanol–water partition coefficient (Wildman–Crippen LogP) is 4.53. The van der Waals surface area contributed by atoms with Crippen LogP contribution in [0.15, 0.2) is 42.7 Å². The smallest absolute Gasteiger partial charge is 0.162 e. The summed E-state index contributed by atoms with van der Waals surface area (Å²) >= 11 is 5.70. The van der Waals surface area contributed by atoms with Gasteiger partial charge in [0.15, 0.2) is 11.5 Å². The van der Waals surface area contributed by atoms with Gasteiger partial charge in [-0.3, -0.25) is 0 Å². The number of anilines is 2. The number of rotatable bonds is 7. The fourth-order valence-corrected chi connectivity index (χ4v) is 2.45. The van der Waals surface area contributed by atoms with E-state index in [4.69, 9.17) is 21.1 Å². The SMILES string of the molecule is COc1cc2ncnc(Nc3ccc(F)cc3)c2cc1OCCCCl. The normalized spacial score (nSPS) is 10.7. The number of nitrogens with one attached hydrogen (secondary N) is 1. The molecule has 1 heterocycles. The third-order valence-electron chi connectivity index (χ3n) is 3.56. The minimum absolute atomic E-state index is 0.294. The van der Waals surface area contributed by atoms with Gasteiger partial charge in [-0.1, -0.05) is 0 Å². The Bertz CT molecular complexity index is 859. The van der Waals surface area contributed by atoms with E-state index in [2.05, 4.69) is 15.3 Å². The van der Waals surface area contributed by atoms with Crippen molar-refractivity contribution in [1.29, 1.82) is 0 Å². The van der Waals surface area contributed by atoms with E-state index in [1.54, 1.807) is 25.3 Å². The summed E-state index contributed by atoms with van der Waals surface area (Å²) < 4.78 is 24.2. The summed E-state index contributed by atoms with van der Waals surface area (Å²) in [5.74, 6) is 2.01. The maximum Gasteiger partial charge on any atom is 0.162 e. The minimum atomic E-state index is -0.294. The average molecular weight is 362 g/mol. The maximum atomic E-state index is 13.1. The summed E-state index contributed by atoms with van der Waals surface area (Å²) in [5, 5.41) is 3.94. The van der Waals surface area contributed by atoms with Gasteiger partial charge in [0.2, 0.25) is 0 Å². The molecular weight excluding hydrogens is 345 g/mol. The zero-order valence-electron chi connectivity index (χ0n) is 13.6. The van der Waals surface area contributed by atoms with E-state index >= 15 is 0 Å². The Hall–Kier alpha value is -2.60. The van der Waals surface area contributed by atoms with Gasteiger partial charge in [0, 0.05) is 23.0 Å². The summed E-state index contributed by atoms with van der Waals surface area (Å²) in [6.07, 6.45) is 2.19. The van der Waals surface area contributed by atoms with Gasteiger partial charge in [-0.2, -0.15) is 0 Å². The number of alkyl halides is 1. The first-order valence-electron chi connectivity index (χ1n) is 7.75. The molecule has 0 aliphatic rings. The quantitative estimate of drug-likeness (QED) is 0.495. The Morgan fingerprint density at radius 3 is 2.64 bits per heavy atom. The average Bonchev–Trinajstić information content (AvgIpc) is 2.63. The van der Waals surface area contributed by atoms with Crippen LogP contribution in [0.2, 0.25) is 0 Å². The Morgan fingerprint density at radius 2 is 1.92 bits per heavy atom. The van der Waals surface area contributed by atoms with Gasteiger partial charge < -0.3 is 14.8 Å². The molecule has 0 bridgehead atoms. The van der Waals surface area contributed by atoms with Crippen LogP contribution in [0.1, 0.15) is 6.42 Å². The van der Waals surface area contributed by atoms with Crippen molar-refractivity contribution in [2.24, 2.45) is 0 Å². The molecule has 1 aromatic heterocycles. The van der Waals surface area contributed by atoms with Gasteiger partial charge in [0.25, 0.3) is 0 Å². The molecular formula is C18H17ClFN3O2. The van der Waals surface area contributed by atoms with Crippen LogP contribution in [-0.2, 0) is 0 Å². The number of nitrogens with zero attached hydrogens (tertiary/aromatic N) is 2. The molecule has 0 unspecified atom stereocenters. The standard InChI is InChI=1S/C18H17ClFN3O2/c1-24-16-10-15-14(9-17(16)25-8-2-7-19)18(22-11-21-15)23-13-5-3-12(20)4-6-13/h3-6,9-11H,2,7-8H2,1H3,(H,21,22,23). The molecule has 7 heteroatoms. The van der Waals surface area contributed by atoms with Crippen LogP contribution in [0.3, 0.4) is 0 Å². The number of ether oxygens (including phenoxy) is 2. The van der Waals surface area contributed by atoms with Crippen molar-refractivity contribution in [3.8, 4) is 11.5 Å². The van der Waals surface area contributed by atoms with E-state index < -0.39 is 0 Å². The van der Waals surface area contributed by atoms with Gasteiger partial charge in [0.1, 0.15) is 18.0 Å². The highest BCUT2D eigenvalue weighted by atomic mass is 35.5. The second-order valence-corrected chi connectivity index (χ2v) is 5.64. The van der Waals surface area contributed by atoms with Gasteiger partial charge in [-0.05, 0) is 36.8 Å². The van der Waals surface area contributed by atoms with Gasteiger partial charge in [-0.15, -0.1) is 11.6 Å². The summed E-state index contributed by atoms with van der Waals surface area (Å²) in [4.78, 5) is 8.56. The molecule has 25 heavy (non-hydrogen) atoms. The molecule has 0 aliphatic carbocycles. The van der Waals surface area contributed by atoms with Crippen molar-refractivity contribution in [1.82, 2.24) is 9.97 Å². The van der Waals surface area contributed by atoms with E-state index in [1.807, 2.05) is 6.07 Å². The Balaban J connectivity index is 1.97. The van der Waals surface area contributed by atoms with Crippen molar-refractivity contribution in [2.75, 3.05) is 24.9 Å². The highest BCUT2D eigenvalue weighted by Crippen LogP contribution is 2.34. The molecule has 0 fully saturated rings. The molecule has 0 atom stereocenters. The van der Waals surface area contributed by atoms with Gasteiger partial charge in [0.05, 0.1) is 19.2 Å². The van der Waals surface area contributed by atoms with Crippen LogP contribution in [0, 0.1) is 5.82 Å². The molecule has 0 aliphatic heterocycles. The van der Waals surface area contributed by atoms with Crippen molar-refractivity contribution < 1.29 is 13.9 Å². The van der Waals surface area contributed by atoms with Crippen LogP contribution in [-0.4, -0.2) is 29.6 Å². The van der Waals surface area contributed by atoms with E-state index in [0.29, 0.717) is 35.3 Å². The molecule has 130 valence electrons. The molecule has 3 aromatic rings. The van der Waals surface area contributed by atoms with Crippen molar-refractivity contribution in [3.63, 3.8) is 0 Å². The monoisotopic (exact) mass is 361 g/mol. The third kappa shape index (κ3) is 4.09. The molecule has 0 saturated heterocycles. The fourth-order valence-electron chi connectivity index (χ4n) is 2.34. The van der Waals surface area contributed by atoms with E-state index in [1.165, 1.54) is 18.5 Å². The Kier molecular flexibility index (Phi) is 5.50. The minimum Gasteiger partial charge on any atom is -0.493 e. The summed E-state index contributed by atoms with van der Waals surface area (Å²) in [7, 11) is 1.58. The Morgan fingerprint density at radius 1 is 1.12 bits per heavy atom. The molecule has 0 radical (unpaired) electrons. The highest BCUT2D eigenvalue weighted by molar-refractivity contribution is 6.17. The number of aromatic nitrogens is 2. The van der Waals surface area contributed by atoms with Crippen LogP contribution in [0.5, 0.6) is 11.5 Å². The lowest BCUT2D eigenvalue weighted by Crippen LogP contribution is -2.01. The van der Waals surface area contributed by atoms with E-state index in [-0.39, 0.29) is 5.82 Å². The summed E-state index contributed by atoms with van der Waals surface area (Å²) in [6, 6.07) is 9.68. The van der Waals surface area contributed by atoms with Crippen molar-refractivity contribution >= 4 is 34.0 Å². The third-order valence-corrected chi connectivity index (χ3v) is 3.83. The van der Waals surface area contributed by atoms with Gasteiger partial charge in [-0.25, -0.2) is 14.4 Å². The number of benzene rings is 2. The first-order chi connectivity index (χ1) is 12.2. The van der Waals surface area contributed by atoms with Crippen LogP contribution in [0.25, 0.3) is 10.9 Å². The number of hydrogen-bond donors (Lipinski definition) is 1. The lowest BCUT2D eigenvalue weighted by Gasteiger charge is -2.13. The zero-order chi connectivity index (χ0) is 17.6. The predicted molar refractivity (Wildman–Crippen MR) is 96.6 cm³/mol. The van der Waals surface area contributed by atoms with Crippen molar-refractivity contribution in [3.05, 3.63) is 48.5 Å². The second kappa shape index (κ2) is 7.98. The van der Waals surface area contributed by atoms with Crippen LogP contribution >= 0.6 is 11.6 Å². The largest absolute Gasteiger partial charge is 0.493 e. The maximum absolute atomic E-state index is 13.1. The number of fused-ring (bicyclic) bond motifs is 1. The van der Waals surface area contributed by atoms with Crippen molar-refractivity contribution in [2.45, 2.75) is 6.42 Å². The van der Waals surface area contributed by atoms with Crippen LogP contribution in [0.4, 0.5) is 15.9 Å². The lowest BCUT2D eigenvalue weighted by atomic mass is 10.2. The van der Waals surface area contributed by atoms with Crippen LogP contribution < -0.4 is 14.8 Å². The highest BCUT2D eigenvalue weighted by Gasteiger charge is 2.12. The second-order valence-electron chi connectivity index (χ2n) is 5.27. The van der Waals surface area contributed by atoms with E-state index in [9.17, 15) is 4.39 Å². The lowest BCUT2D eigenvalue weighted by molar-refractivity contribution is 0.295. The molecule has 1 N–H and O–H groups in total. The molecule has 0 spiro atoms. The van der Waals surface area contributed by atoms with Gasteiger partial charge >= 0.3 is 0 Å². The fraction of sp³-hybridized carbons (Fsp3) is 0.222. The number of hydrogen-bond acceptors (Lipinski definition) is 5. The van der Waals surface area contributed by atoms with E-state index in [0.717, 1.165) is 17.5 Å². The first-order valence-corrected chi connectivity index (χ1v) is 8.29. The number of methoxy groups -OCH3 is 1. The molecule has 3 rings (SSSR count). The first kappa shape index (κ1) is 17.2. The summed E-state index contributed by atoms with van der Waals surface area (Å²) in [5.41, 5.74) is 1.43. The topological polar surface area (TPSA) is 56.3 Å². The number of halogens is 2. The molecule has 0 amide bonds. The Labute approximate surface area is 149 Å². The summed E-state index contributed by atoms with van der Waals surface area (Å²) in [6.45, 7) is 0.486. The molecule has 5 nitrogen and oxygen atoms in total.